The summed E-state index contributed by atoms with van der Waals surface area (Å²) in [5.74, 6) is 7.37. The Balaban J connectivity index is 1.13. The van der Waals surface area contributed by atoms with Crippen molar-refractivity contribution in [1.29, 1.82) is 0 Å². The monoisotopic (exact) mass is 667 g/mol. The molecule has 1 saturated heterocycles. The molecule has 6 rings (SSSR count). The molecule has 0 radical (unpaired) electrons. The topological polar surface area (TPSA) is 122 Å². The number of hydrogen-bond acceptors (Lipinski definition) is 7. The lowest BCUT2D eigenvalue weighted by Gasteiger charge is -2.28. The van der Waals surface area contributed by atoms with Gasteiger partial charge in [0.05, 0.1) is 12.1 Å². The Hall–Kier alpha value is -4.79. The Morgan fingerprint density at radius 2 is 1.87 bits per heavy atom. The third kappa shape index (κ3) is 6.57. The highest BCUT2D eigenvalue weighted by Gasteiger charge is 2.32. The van der Waals surface area contributed by atoms with Crippen LogP contribution in [0.15, 0.2) is 47.5 Å². The molecule has 240 valence electrons. The predicted molar refractivity (Wildman–Crippen MR) is 184 cm³/mol. The van der Waals surface area contributed by atoms with E-state index < -0.39 is 12.1 Å². The zero-order chi connectivity index (χ0) is 33.2. The standard InChI is InChI=1S/C35H34ClN7O3S/c1-20-22(3)47-34-31(20)32(25-12-14-26(36)15-13-25)38-27(33-41-40-23(4)43(33)34)19-30(45)37-17-7-5-6-9-24-10-8-11-28(21(24)2)42-18-16-29(44)39-35(42)46/h8,10-15,27H,5,7,16-19H2,1-4H3,(H,37,45)(H,39,44,46)/t27-/m0/s1. The number of halogens is 1. The molecule has 0 saturated carbocycles. The van der Waals surface area contributed by atoms with E-state index in [1.54, 1.807) is 16.2 Å². The van der Waals surface area contributed by atoms with E-state index >= 15 is 0 Å². The predicted octanol–water partition coefficient (Wildman–Crippen LogP) is 5.89. The van der Waals surface area contributed by atoms with E-state index in [2.05, 4.69) is 46.5 Å². The van der Waals surface area contributed by atoms with Crippen LogP contribution >= 0.6 is 22.9 Å². The first-order valence-corrected chi connectivity index (χ1v) is 16.6. The molecule has 2 aliphatic rings. The van der Waals surface area contributed by atoms with Gasteiger partial charge in [-0.3, -0.25) is 29.4 Å². The Bertz CT molecular complexity index is 1980. The van der Waals surface area contributed by atoms with Gasteiger partial charge in [-0.1, -0.05) is 41.6 Å². The number of thiophene rings is 1. The van der Waals surface area contributed by atoms with Crippen molar-refractivity contribution in [2.75, 3.05) is 18.0 Å². The highest BCUT2D eigenvalue weighted by atomic mass is 35.5. The summed E-state index contributed by atoms with van der Waals surface area (Å²) in [6, 6.07) is 12.3. The van der Waals surface area contributed by atoms with Crippen LogP contribution in [0.5, 0.6) is 0 Å². The number of imide groups is 1. The molecule has 2 aromatic carbocycles. The third-order valence-corrected chi connectivity index (χ3v) is 9.85. The van der Waals surface area contributed by atoms with Crippen molar-refractivity contribution < 1.29 is 14.4 Å². The second kappa shape index (κ2) is 13.5. The number of aryl methyl sites for hydroxylation is 2. The van der Waals surface area contributed by atoms with Crippen molar-refractivity contribution in [3.8, 4) is 16.8 Å². The Morgan fingerprint density at radius 3 is 2.64 bits per heavy atom. The summed E-state index contributed by atoms with van der Waals surface area (Å²) in [7, 11) is 0. The number of hydrogen-bond donors (Lipinski definition) is 2. The number of anilines is 1. The van der Waals surface area contributed by atoms with Gasteiger partial charge in [-0.15, -0.1) is 21.5 Å². The molecular weight excluding hydrogens is 634 g/mol. The van der Waals surface area contributed by atoms with Crippen LogP contribution in [0.2, 0.25) is 5.02 Å². The fraction of sp³-hybridized carbons (Fsp3) is 0.314. The molecule has 1 atom stereocenters. The van der Waals surface area contributed by atoms with Gasteiger partial charge in [-0.05, 0) is 69.5 Å². The molecule has 2 N–H and O–H groups in total. The number of unbranched alkanes of at least 4 members (excludes halogenated alkanes) is 1. The van der Waals surface area contributed by atoms with Gasteiger partial charge in [0, 0.05) is 58.2 Å². The number of urea groups is 1. The van der Waals surface area contributed by atoms with Crippen molar-refractivity contribution in [1.82, 2.24) is 25.4 Å². The number of amides is 4. The summed E-state index contributed by atoms with van der Waals surface area (Å²) in [5.41, 5.74) is 6.33. The second-order valence-electron chi connectivity index (χ2n) is 11.6. The van der Waals surface area contributed by atoms with E-state index in [1.807, 2.05) is 60.9 Å². The van der Waals surface area contributed by atoms with Gasteiger partial charge in [0.25, 0.3) is 0 Å². The molecule has 4 heterocycles. The van der Waals surface area contributed by atoms with Crippen LogP contribution in [-0.2, 0) is 9.59 Å². The lowest BCUT2D eigenvalue weighted by atomic mass is 9.99. The molecule has 0 bridgehead atoms. The number of aliphatic imine (C=N–C) groups is 1. The molecule has 10 nitrogen and oxygen atoms in total. The number of carbonyl (C=O) groups is 3. The SMILES string of the molecule is Cc1sc2c(c1C)C(c1ccc(Cl)cc1)=N[C@@H](CC(=O)NCCCC#Cc1cccc(N3CCC(=O)NC3=O)c1C)c1nnc(C)n1-2. The first-order chi connectivity index (χ1) is 22.6. The van der Waals surface area contributed by atoms with Crippen LogP contribution in [-0.4, -0.2) is 51.4 Å². The minimum atomic E-state index is -0.531. The van der Waals surface area contributed by atoms with Gasteiger partial charge in [0.1, 0.15) is 16.9 Å². The maximum absolute atomic E-state index is 13.2. The number of aromatic nitrogens is 3. The molecule has 12 heteroatoms. The van der Waals surface area contributed by atoms with Crippen LogP contribution in [0.4, 0.5) is 10.5 Å². The molecule has 2 aliphatic heterocycles. The molecule has 0 unspecified atom stereocenters. The molecule has 0 aliphatic carbocycles. The van der Waals surface area contributed by atoms with Gasteiger partial charge in [0.2, 0.25) is 11.8 Å². The first-order valence-electron chi connectivity index (χ1n) is 15.4. The summed E-state index contributed by atoms with van der Waals surface area (Å²) in [4.78, 5) is 45.0. The number of fused-ring (bicyclic) bond motifs is 3. The quantitative estimate of drug-likeness (QED) is 0.188. The van der Waals surface area contributed by atoms with Crippen LogP contribution in [0.1, 0.15) is 76.1 Å². The minimum absolute atomic E-state index is 0.121. The number of benzene rings is 2. The van der Waals surface area contributed by atoms with Gasteiger partial charge < -0.3 is 5.32 Å². The zero-order valence-corrected chi connectivity index (χ0v) is 28.2. The maximum Gasteiger partial charge on any atom is 0.328 e. The molecule has 4 aromatic rings. The smallest absolute Gasteiger partial charge is 0.328 e. The van der Waals surface area contributed by atoms with Gasteiger partial charge in [0.15, 0.2) is 5.82 Å². The Labute approximate surface area is 282 Å². The molecule has 1 fully saturated rings. The Kier molecular flexibility index (Phi) is 9.25. The van der Waals surface area contributed by atoms with Gasteiger partial charge in [-0.25, -0.2) is 4.79 Å². The average molecular weight is 668 g/mol. The van der Waals surface area contributed by atoms with Crippen molar-refractivity contribution >= 4 is 52.2 Å². The first kappa shape index (κ1) is 32.2. The average Bonchev–Trinajstić information content (AvgIpc) is 3.52. The van der Waals surface area contributed by atoms with Crippen LogP contribution < -0.4 is 15.5 Å². The lowest BCUT2D eigenvalue weighted by Crippen LogP contribution is -2.49. The van der Waals surface area contributed by atoms with E-state index in [9.17, 15) is 14.4 Å². The summed E-state index contributed by atoms with van der Waals surface area (Å²) < 4.78 is 2.04. The fourth-order valence-corrected chi connectivity index (χ4v) is 7.13. The van der Waals surface area contributed by atoms with Gasteiger partial charge in [-0.2, -0.15) is 0 Å². The molecule has 4 amide bonds. The fourth-order valence-electron chi connectivity index (χ4n) is 5.79. The van der Waals surface area contributed by atoms with E-state index in [1.165, 1.54) is 4.88 Å². The summed E-state index contributed by atoms with van der Waals surface area (Å²) in [6.07, 6.45) is 1.63. The normalized spacial score (nSPS) is 15.6. The molecule has 2 aromatic heterocycles. The minimum Gasteiger partial charge on any atom is -0.356 e. The Morgan fingerprint density at radius 1 is 1.09 bits per heavy atom. The van der Waals surface area contributed by atoms with Crippen LogP contribution in [0, 0.1) is 39.5 Å². The van der Waals surface area contributed by atoms with Crippen LogP contribution in [0.3, 0.4) is 0 Å². The van der Waals surface area contributed by atoms with Crippen molar-refractivity contribution in [3.63, 3.8) is 0 Å². The van der Waals surface area contributed by atoms with Crippen molar-refractivity contribution in [2.24, 2.45) is 4.99 Å². The second-order valence-corrected chi connectivity index (χ2v) is 13.2. The van der Waals surface area contributed by atoms with E-state index in [0.717, 1.165) is 50.0 Å². The van der Waals surface area contributed by atoms with Crippen LogP contribution in [0.25, 0.3) is 5.00 Å². The summed E-state index contributed by atoms with van der Waals surface area (Å²) in [5, 5.41) is 15.9. The molecule has 0 spiro atoms. The number of rotatable bonds is 7. The maximum atomic E-state index is 13.2. The van der Waals surface area contributed by atoms with Crippen molar-refractivity contribution in [3.05, 3.63) is 91.8 Å². The van der Waals surface area contributed by atoms with Gasteiger partial charge >= 0.3 is 6.03 Å². The number of carbonyl (C=O) groups excluding carboxylic acids is 3. The highest BCUT2D eigenvalue weighted by Crippen LogP contribution is 2.39. The molecular formula is C35H34ClN7O3S. The van der Waals surface area contributed by atoms with E-state index in [4.69, 9.17) is 16.6 Å². The molecule has 47 heavy (non-hydrogen) atoms. The third-order valence-electron chi connectivity index (χ3n) is 8.41. The summed E-state index contributed by atoms with van der Waals surface area (Å²) in [6.45, 7) is 8.83. The zero-order valence-electron chi connectivity index (χ0n) is 26.6. The van der Waals surface area contributed by atoms with E-state index in [-0.39, 0.29) is 24.7 Å². The lowest BCUT2D eigenvalue weighted by molar-refractivity contribution is -0.121. The highest BCUT2D eigenvalue weighted by molar-refractivity contribution is 7.15. The number of nitrogens with one attached hydrogen (secondary N) is 2. The summed E-state index contributed by atoms with van der Waals surface area (Å²) >= 11 is 7.88. The van der Waals surface area contributed by atoms with Crippen molar-refractivity contribution in [2.45, 2.75) is 59.4 Å². The van der Waals surface area contributed by atoms with E-state index in [0.29, 0.717) is 36.8 Å². The number of nitrogens with zero attached hydrogens (tertiary/aromatic N) is 5. The largest absolute Gasteiger partial charge is 0.356 e.